The molecule has 0 aliphatic rings. The third kappa shape index (κ3) is 4.09. The van der Waals surface area contributed by atoms with Gasteiger partial charge in [0.1, 0.15) is 0 Å². The maximum absolute atomic E-state index is 12.6. The Bertz CT molecular complexity index is 1230. The summed E-state index contributed by atoms with van der Waals surface area (Å²) in [5.74, 6) is -0.529. The van der Waals surface area contributed by atoms with Gasteiger partial charge in [-0.15, -0.1) is 0 Å². The van der Waals surface area contributed by atoms with Crippen molar-refractivity contribution in [2.45, 2.75) is 6.92 Å². The molecule has 4 aromatic rings. The van der Waals surface area contributed by atoms with Crippen LogP contribution in [-0.2, 0) is 4.74 Å². The van der Waals surface area contributed by atoms with Gasteiger partial charge in [0, 0.05) is 11.8 Å². The number of rotatable bonds is 6. The molecule has 6 heteroatoms. The van der Waals surface area contributed by atoms with E-state index in [-0.39, 0.29) is 17.9 Å². The number of para-hydroxylation sites is 1. The van der Waals surface area contributed by atoms with E-state index in [4.69, 9.17) is 4.74 Å². The molecule has 6 nitrogen and oxygen atoms in total. The van der Waals surface area contributed by atoms with Gasteiger partial charge in [-0.05, 0) is 35.7 Å². The predicted molar refractivity (Wildman–Crippen MR) is 120 cm³/mol. The Kier molecular flexibility index (Phi) is 5.62. The molecule has 0 atom stereocenters. The van der Waals surface area contributed by atoms with E-state index in [0.29, 0.717) is 17.0 Å². The van der Waals surface area contributed by atoms with E-state index in [1.165, 1.54) is 6.07 Å². The molecule has 3 aromatic carbocycles. The Morgan fingerprint density at radius 2 is 1.52 bits per heavy atom. The van der Waals surface area contributed by atoms with Crippen LogP contribution in [0.4, 0.5) is 5.69 Å². The normalized spacial score (nSPS) is 10.6. The topological polar surface area (TPSA) is 85.2 Å². The number of hydrogen-bond acceptors (Lipinski definition) is 4. The number of aromatic nitrogens is 1. The van der Waals surface area contributed by atoms with Gasteiger partial charge < -0.3 is 9.72 Å². The summed E-state index contributed by atoms with van der Waals surface area (Å²) in [5.41, 5.74) is 4.59. The zero-order valence-electron chi connectivity index (χ0n) is 16.9. The first-order chi connectivity index (χ1) is 15.1. The Morgan fingerprint density at radius 1 is 0.903 bits per heavy atom. The Balaban J connectivity index is 1.79. The average molecular weight is 412 g/mol. The second kappa shape index (κ2) is 8.67. The lowest BCUT2D eigenvalue weighted by Gasteiger charge is -2.05. The third-order valence-corrected chi connectivity index (χ3v) is 4.99. The van der Waals surface area contributed by atoms with Crippen molar-refractivity contribution in [1.82, 2.24) is 4.98 Å². The lowest BCUT2D eigenvalue weighted by Crippen LogP contribution is -2.05. The summed E-state index contributed by atoms with van der Waals surface area (Å²) in [6.07, 6.45) is 0. The van der Waals surface area contributed by atoms with E-state index < -0.39 is 10.9 Å². The van der Waals surface area contributed by atoms with Crippen molar-refractivity contribution >= 4 is 11.7 Å². The third-order valence-electron chi connectivity index (χ3n) is 4.99. The van der Waals surface area contributed by atoms with Gasteiger partial charge in [0.05, 0.1) is 28.4 Å². The molecule has 0 fully saturated rings. The number of nitro groups is 1. The van der Waals surface area contributed by atoms with E-state index in [1.54, 1.807) is 31.2 Å². The second-order valence-corrected chi connectivity index (χ2v) is 6.91. The van der Waals surface area contributed by atoms with Gasteiger partial charge in [-0.2, -0.15) is 0 Å². The molecule has 0 unspecified atom stereocenters. The van der Waals surface area contributed by atoms with Crippen LogP contribution >= 0.6 is 0 Å². The maximum Gasteiger partial charge on any atom is 0.340 e. The molecular formula is C25H20N2O4. The van der Waals surface area contributed by atoms with Crippen LogP contribution in [0.15, 0.2) is 84.9 Å². The standard InChI is InChI=1S/C25H20N2O4/c1-2-31-25(28)21-16-22(26-24(21)20-10-6-7-11-23(20)27(29)30)19-14-12-18(13-15-19)17-8-4-3-5-9-17/h3-16,26H,2H2,1H3. The molecule has 1 aromatic heterocycles. The van der Waals surface area contributed by atoms with Gasteiger partial charge in [-0.1, -0.05) is 66.7 Å². The maximum atomic E-state index is 12.6. The van der Waals surface area contributed by atoms with Crippen molar-refractivity contribution < 1.29 is 14.5 Å². The number of aromatic amines is 1. The fourth-order valence-corrected chi connectivity index (χ4v) is 3.51. The summed E-state index contributed by atoms with van der Waals surface area (Å²) in [6.45, 7) is 1.93. The number of nitro benzene ring substituents is 1. The van der Waals surface area contributed by atoms with Gasteiger partial charge in [0.15, 0.2) is 0 Å². The van der Waals surface area contributed by atoms with E-state index in [9.17, 15) is 14.9 Å². The highest BCUT2D eigenvalue weighted by atomic mass is 16.6. The number of hydrogen-bond donors (Lipinski definition) is 1. The number of benzene rings is 3. The largest absolute Gasteiger partial charge is 0.462 e. The van der Waals surface area contributed by atoms with E-state index >= 15 is 0 Å². The molecule has 0 saturated heterocycles. The number of nitrogens with one attached hydrogen (secondary N) is 1. The number of esters is 1. The van der Waals surface area contributed by atoms with Crippen molar-refractivity contribution in [2.24, 2.45) is 0 Å². The minimum Gasteiger partial charge on any atom is -0.462 e. The summed E-state index contributed by atoms with van der Waals surface area (Å²) in [4.78, 5) is 26.9. The van der Waals surface area contributed by atoms with Crippen LogP contribution in [0.1, 0.15) is 17.3 Å². The number of H-pyrrole nitrogens is 1. The molecular weight excluding hydrogens is 392 g/mol. The number of nitrogens with zero attached hydrogens (tertiary/aromatic N) is 1. The van der Waals surface area contributed by atoms with Crippen LogP contribution in [0.25, 0.3) is 33.6 Å². The average Bonchev–Trinajstić information content (AvgIpc) is 3.25. The van der Waals surface area contributed by atoms with Gasteiger partial charge in [-0.25, -0.2) is 4.79 Å². The van der Waals surface area contributed by atoms with Crippen LogP contribution in [0, 0.1) is 10.1 Å². The molecule has 0 aliphatic heterocycles. The minimum absolute atomic E-state index is 0.0825. The molecule has 31 heavy (non-hydrogen) atoms. The van der Waals surface area contributed by atoms with Crippen LogP contribution < -0.4 is 0 Å². The Hall–Kier alpha value is -4.19. The number of carbonyl (C=O) groups is 1. The van der Waals surface area contributed by atoms with Crippen LogP contribution in [0.2, 0.25) is 0 Å². The van der Waals surface area contributed by atoms with E-state index in [2.05, 4.69) is 4.98 Å². The van der Waals surface area contributed by atoms with Crippen molar-refractivity contribution in [3.63, 3.8) is 0 Å². The highest BCUT2D eigenvalue weighted by Gasteiger charge is 2.24. The zero-order chi connectivity index (χ0) is 21.8. The van der Waals surface area contributed by atoms with Gasteiger partial charge in [0.25, 0.3) is 5.69 Å². The SMILES string of the molecule is CCOC(=O)c1cc(-c2ccc(-c3ccccc3)cc2)[nH]c1-c1ccccc1[N+](=O)[O-]. The van der Waals surface area contributed by atoms with Crippen molar-refractivity contribution in [3.05, 3.63) is 101 Å². The van der Waals surface area contributed by atoms with Gasteiger partial charge in [0.2, 0.25) is 0 Å². The molecule has 0 aliphatic carbocycles. The minimum atomic E-state index is -0.529. The van der Waals surface area contributed by atoms with Crippen molar-refractivity contribution in [3.8, 4) is 33.6 Å². The Labute approximate surface area is 179 Å². The molecule has 0 radical (unpaired) electrons. The molecule has 0 bridgehead atoms. The smallest absolute Gasteiger partial charge is 0.340 e. The van der Waals surface area contributed by atoms with Crippen LogP contribution in [0.3, 0.4) is 0 Å². The van der Waals surface area contributed by atoms with E-state index in [0.717, 1.165) is 16.7 Å². The molecule has 4 rings (SSSR count). The van der Waals surface area contributed by atoms with Gasteiger partial charge >= 0.3 is 5.97 Å². The molecule has 1 N–H and O–H groups in total. The molecule has 0 spiro atoms. The summed E-state index contributed by atoms with van der Waals surface area (Å²) in [5, 5.41) is 11.5. The van der Waals surface area contributed by atoms with Crippen LogP contribution in [0.5, 0.6) is 0 Å². The van der Waals surface area contributed by atoms with Gasteiger partial charge in [-0.3, -0.25) is 10.1 Å². The van der Waals surface area contributed by atoms with Crippen molar-refractivity contribution in [2.75, 3.05) is 6.61 Å². The number of carbonyl (C=O) groups excluding carboxylic acids is 1. The number of ether oxygens (including phenoxy) is 1. The quantitative estimate of drug-likeness (QED) is 0.235. The zero-order valence-corrected chi connectivity index (χ0v) is 16.9. The first-order valence-electron chi connectivity index (χ1n) is 9.88. The van der Waals surface area contributed by atoms with E-state index in [1.807, 2.05) is 54.6 Å². The summed E-state index contributed by atoms with van der Waals surface area (Å²) < 4.78 is 5.19. The fraction of sp³-hybridized carbons (Fsp3) is 0.0800. The fourth-order valence-electron chi connectivity index (χ4n) is 3.51. The molecule has 1 heterocycles. The van der Waals surface area contributed by atoms with Crippen molar-refractivity contribution in [1.29, 1.82) is 0 Å². The first-order valence-corrected chi connectivity index (χ1v) is 9.88. The first kappa shape index (κ1) is 20.1. The molecule has 0 amide bonds. The summed E-state index contributed by atoms with van der Waals surface area (Å²) in [7, 11) is 0. The molecule has 0 saturated carbocycles. The Morgan fingerprint density at radius 3 is 2.19 bits per heavy atom. The van der Waals surface area contributed by atoms with Crippen LogP contribution in [-0.4, -0.2) is 22.5 Å². The lowest BCUT2D eigenvalue weighted by atomic mass is 10.0. The highest BCUT2D eigenvalue weighted by Crippen LogP contribution is 2.35. The lowest BCUT2D eigenvalue weighted by molar-refractivity contribution is -0.384. The summed E-state index contributed by atoms with van der Waals surface area (Å²) in [6, 6.07) is 25.9. The monoisotopic (exact) mass is 412 g/mol. The second-order valence-electron chi connectivity index (χ2n) is 6.91. The predicted octanol–water partition coefficient (Wildman–Crippen LogP) is 6.10. The highest BCUT2D eigenvalue weighted by molar-refractivity contribution is 5.99. The summed E-state index contributed by atoms with van der Waals surface area (Å²) >= 11 is 0. The molecule has 154 valence electrons.